The van der Waals surface area contributed by atoms with Gasteiger partial charge >= 0.3 is 12.6 Å². The molecule has 2 atom stereocenters. The van der Waals surface area contributed by atoms with Gasteiger partial charge < -0.3 is 20.1 Å². The number of hydrogen-bond acceptors (Lipinski definition) is 5. The summed E-state index contributed by atoms with van der Waals surface area (Å²) in [6.45, 7) is -0.371. The lowest BCUT2D eigenvalue weighted by Gasteiger charge is -2.27. The van der Waals surface area contributed by atoms with Crippen LogP contribution in [0.3, 0.4) is 0 Å². The van der Waals surface area contributed by atoms with Crippen LogP contribution >= 0.6 is 12.4 Å². The van der Waals surface area contributed by atoms with Crippen LogP contribution in [0.15, 0.2) is 18.2 Å². The van der Waals surface area contributed by atoms with E-state index in [-0.39, 0.29) is 47.3 Å². The van der Waals surface area contributed by atoms with E-state index in [2.05, 4.69) is 20.1 Å². The lowest BCUT2D eigenvalue weighted by molar-refractivity contribution is -0.121. The first-order valence-corrected chi connectivity index (χ1v) is 7.62. The SMILES string of the molecule is COC(=O)c1ccc(NC(=O)[C@H]2CCN[C@@H](C)C2)c(OC(F)F)c1.Cl. The van der Waals surface area contributed by atoms with Gasteiger partial charge in [-0.2, -0.15) is 8.78 Å². The Morgan fingerprint density at radius 2 is 2.08 bits per heavy atom. The van der Waals surface area contributed by atoms with Crippen LogP contribution in [0.2, 0.25) is 0 Å². The molecule has 1 amide bonds. The molecular formula is C16H21ClF2N2O4. The summed E-state index contributed by atoms with van der Waals surface area (Å²) in [5.74, 6) is -1.42. The van der Waals surface area contributed by atoms with Gasteiger partial charge in [0.1, 0.15) is 5.75 Å². The van der Waals surface area contributed by atoms with Gasteiger partial charge in [0.15, 0.2) is 0 Å². The van der Waals surface area contributed by atoms with Crippen molar-refractivity contribution in [3.05, 3.63) is 23.8 Å². The molecule has 0 radical (unpaired) electrons. The van der Waals surface area contributed by atoms with E-state index < -0.39 is 12.6 Å². The summed E-state index contributed by atoms with van der Waals surface area (Å²) in [4.78, 5) is 23.9. The van der Waals surface area contributed by atoms with Crippen LogP contribution in [0.5, 0.6) is 5.75 Å². The van der Waals surface area contributed by atoms with E-state index in [0.29, 0.717) is 12.8 Å². The summed E-state index contributed by atoms with van der Waals surface area (Å²) in [6.07, 6.45) is 1.33. The van der Waals surface area contributed by atoms with E-state index in [1.54, 1.807) is 0 Å². The molecule has 1 saturated heterocycles. The minimum absolute atomic E-state index is 0. The van der Waals surface area contributed by atoms with Crippen molar-refractivity contribution in [3.63, 3.8) is 0 Å². The smallest absolute Gasteiger partial charge is 0.387 e. The first-order chi connectivity index (χ1) is 11.4. The third-order valence-corrected chi connectivity index (χ3v) is 3.87. The van der Waals surface area contributed by atoms with Crippen LogP contribution in [-0.4, -0.2) is 38.2 Å². The summed E-state index contributed by atoms with van der Waals surface area (Å²) in [5.41, 5.74) is 0.153. The van der Waals surface area contributed by atoms with Crippen LogP contribution in [0, 0.1) is 5.92 Å². The maximum Gasteiger partial charge on any atom is 0.387 e. The van der Waals surface area contributed by atoms with E-state index in [1.165, 1.54) is 19.2 Å². The fraction of sp³-hybridized carbons (Fsp3) is 0.500. The number of hydrogen-bond donors (Lipinski definition) is 2. The van der Waals surface area contributed by atoms with Crippen molar-refractivity contribution in [2.45, 2.75) is 32.4 Å². The molecule has 0 spiro atoms. The van der Waals surface area contributed by atoms with Gasteiger partial charge in [0.2, 0.25) is 5.91 Å². The molecule has 1 aromatic carbocycles. The molecule has 2 N–H and O–H groups in total. The van der Waals surface area contributed by atoms with Crippen LogP contribution in [0.4, 0.5) is 14.5 Å². The molecule has 0 bridgehead atoms. The number of alkyl halides is 2. The molecule has 0 aromatic heterocycles. The first-order valence-electron chi connectivity index (χ1n) is 7.62. The minimum Gasteiger partial charge on any atom is -0.465 e. The molecule has 6 nitrogen and oxygen atoms in total. The highest BCUT2D eigenvalue weighted by atomic mass is 35.5. The lowest BCUT2D eigenvalue weighted by Crippen LogP contribution is -2.40. The Balaban J connectivity index is 0.00000312. The van der Waals surface area contributed by atoms with Crippen molar-refractivity contribution in [3.8, 4) is 5.75 Å². The van der Waals surface area contributed by atoms with Gasteiger partial charge in [-0.15, -0.1) is 12.4 Å². The quantitative estimate of drug-likeness (QED) is 0.770. The predicted molar refractivity (Wildman–Crippen MR) is 90.5 cm³/mol. The highest BCUT2D eigenvalue weighted by Gasteiger charge is 2.26. The number of anilines is 1. The number of carbonyl (C=O) groups is 2. The zero-order valence-electron chi connectivity index (χ0n) is 13.9. The number of amides is 1. The Kier molecular flexibility index (Phi) is 8.05. The predicted octanol–water partition coefficient (Wildman–Crippen LogP) is 2.82. The number of nitrogens with one attached hydrogen (secondary N) is 2. The Morgan fingerprint density at radius 3 is 2.68 bits per heavy atom. The molecule has 0 saturated carbocycles. The van der Waals surface area contributed by atoms with Crippen LogP contribution in [0.1, 0.15) is 30.1 Å². The molecule has 1 aromatic rings. The second kappa shape index (κ2) is 9.53. The van der Waals surface area contributed by atoms with Crippen molar-refractivity contribution >= 4 is 30.0 Å². The molecule has 1 heterocycles. The number of halogens is 3. The number of esters is 1. The minimum atomic E-state index is -3.08. The van der Waals surface area contributed by atoms with Gasteiger partial charge in [-0.3, -0.25) is 4.79 Å². The van der Waals surface area contributed by atoms with Crippen molar-refractivity contribution in [1.29, 1.82) is 0 Å². The summed E-state index contributed by atoms with van der Waals surface area (Å²) < 4.78 is 34.2. The van der Waals surface area contributed by atoms with Gasteiger partial charge in [0.05, 0.1) is 18.4 Å². The summed E-state index contributed by atoms with van der Waals surface area (Å²) in [7, 11) is 1.18. The van der Waals surface area contributed by atoms with E-state index in [0.717, 1.165) is 12.6 Å². The first kappa shape index (κ1) is 21.1. The van der Waals surface area contributed by atoms with Gasteiger partial charge in [-0.1, -0.05) is 0 Å². The van der Waals surface area contributed by atoms with Crippen molar-refractivity contribution in [2.24, 2.45) is 5.92 Å². The van der Waals surface area contributed by atoms with Crippen molar-refractivity contribution in [2.75, 3.05) is 19.0 Å². The molecule has 0 unspecified atom stereocenters. The summed E-state index contributed by atoms with van der Waals surface area (Å²) in [6, 6.07) is 4.07. The average Bonchev–Trinajstić information content (AvgIpc) is 2.55. The summed E-state index contributed by atoms with van der Waals surface area (Å²) >= 11 is 0. The molecular weight excluding hydrogens is 358 g/mol. The van der Waals surface area contributed by atoms with E-state index >= 15 is 0 Å². The number of piperidine rings is 1. The monoisotopic (exact) mass is 378 g/mol. The van der Waals surface area contributed by atoms with Gasteiger partial charge in [-0.05, 0) is 44.5 Å². The zero-order chi connectivity index (χ0) is 17.7. The Hall–Kier alpha value is -1.93. The Labute approximate surface area is 150 Å². The molecule has 1 fully saturated rings. The topological polar surface area (TPSA) is 76.7 Å². The third kappa shape index (κ3) is 5.82. The number of ether oxygens (including phenoxy) is 2. The second-order valence-corrected chi connectivity index (χ2v) is 5.65. The van der Waals surface area contributed by atoms with Gasteiger partial charge in [0.25, 0.3) is 0 Å². The number of rotatable bonds is 5. The molecule has 25 heavy (non-hydrogen) atoms. The maximum absolute atomic E-state index is 12.6. The molecule has 9 heteroatoms. The normalized spacial score (nSPS) is 19.7. The highest BCUT2D eigenvalue weighted by molar-refractivity contribution is 5.96. The maximum atomic E-state index is 12.6. The number of carbonyl (C=O) groups excluding carboxylic acids is 2. The lowest BCUT2D eigenvalue weighted by atomic mass is 9.92. The molecule has 0 aliphatic carbocycles. The van der Waals surface area contributed by atoms with Crippen LogP contribution in [0.25, 0.3) is 0 Å². The standard InChI is InChI=1S/C16H20F2N2O4.ClH/c1-9-7-10(5-6-19-9)14(21)20-12-4-3-11(15(22)23-2)8-13(12)24-16(17)18;/h3-4,8-10,16,19H,5-7H2,1-2H3,(H,20,21);1H/t9-,10-;/m0./s1. The molecule has 1 aliphatic rings. The highest BCUT2D eigenvalue weighted by Crippen LogP contribution is 2.29. The van der Waals surface area contributed by atoms with Crippen LogP contribution in [-0.2, 0) is 9.53 Å². The van der Waals surface area contributed by atoms with E-state index in [4.69, 9.17) is 0 Å². The second-order valence-electron chi connectivity index (χ2n) is 5.65. The molecule has 2 rings (SSSR count). The Bertz CT molecular complexity index is 616. The molecule has 1 aliphatic heterocycles. The zero-order valence-corrected chi connectivity index (χ0v) is 14.7. The van der Waals surface area contributed by atoms with Crippen LogP contribution < -0.4 is 15.4 Å². The fourth-order valence-electron chi connectivity index (χ4n) is 2.67. The van der Waals surface area contributed by atoms with Gasteiger partial charge in [-0.25, -0.2) is 4.79 Å². The summed E-state index contributed by atoms with van der Waals surface area (Å²) in [5, 5.41) is 5.85. The Morgan fingerprint density at radius 1 is 1.36 bits per heavy atom. The average molecular weight is 379 g/mol. The van der Waals surface area contributed by atoms with Gasteiger partial charge in [0, 0.05) is 12.0 Å². The van der Waals surface area contributed by atoms with E-state index in [1.807, 2.05) is 6.92 Å². The largest absolute Gasteiger partial charge is 0.465 e. The van der Waals surface area contributed by atoms with E-state index in [9.17, 15) is 18.4 Å². The third-order valence-electron chi connectivity index (χ3n) is 3.87. The van der Waals surface area contributed by atoms with Crippen molar-refractivity contribution in [1.82, 2.24) is 5.32 Å². The fourth-order valence-corrected chi connectivity index (χ4v) is 2.67. The number of methoxy groups -OCH3 is 1. The van der Waals surface area contributed by atoms with Crippen molar-refractivity contribution < 1.29 is 27.8 Å². The number of benzene rings is 1. The molecule has 140 valence electrons.